The predicted molar refractivity (Wildman–Crippen MR) is 120 cm³/mol. The Bertz CT molecular complexity index is 1190. The summed E-state index contributed by atoms with van der Waals surface area (Å²) in [5.74, 6) is -0.134. The molecule has 0 aliphatic carbocycles. The first kappa shape index (κ1) is 21.5. The highest BCUT2D eigenvalue weighted by atomic mass is 32.2. The van der Waals surface area contributed by atoms with E-state index in [2.05, 4.69) is 15.5 Å². The summed E-state index contributed by atoms with van der Waals surface area (Å²) in [7, 11) is 0. The van der Waals surface area contributed by atoms with Crippen molar-refractivity contribution in [1.29, 1.82) is 0 Å². The summed E-state index contributed by atoms with van der Waals surface area (Å²) in [6.07, 6.45) is 3.00. The molecule has 1 N–H and O–H groups in total. The summed E-state index contributed by atoms with van der Waals surface area (Å²) in [4.78, 5) is 36.6. The number of hydrogen-bond acceptors (Lipinski definition) is 7. The molecular weight excluding hydrogens is 432 g/mol. The van der Waals surface area contributed by atoms with E-state index < -0.39 is 4.92 Å². The normalized spacial score (nSPS) is 12.8. The van der Waals surface area contributed by atoms with Crippen LogP contribution in [0.5, 0.6) is 0 Å². The van der Waals surface area contributed by atoms with Crippen LogP contribution in [0, 0.1) is 10.1 Å². The average Bonchev–Trinajstić information content (AvgIpc) is 3.25. The minimum atomic E-state index is -0.426. The number of hydrogen-bond donors (Lipinski definition) is 1. The summed E-state index contributed by atoms with van der Waals surface area (Å²) < 4.78 is 1.75. The molecule has 0 atom stereocenters. The minimum Gasteiger partial charge on any atom is -0.326 e. The van der Waals surface area contributed by atoms with Crippen molar-refractivity contribution in [3.05, 3.63) is 64.5 Å². The maximum atomic E-state index is 13.0. The fourth-order valence-electron chi connectivity index (χ4n) is 3.60. The third-order valence-electron chi connectivity index (χ3n) is 4.98. The first-order valence-corrected chi connectivity index (χ1v) is 10.9. The van der Waals surface area contributed by atoms with Gasteiger partial charge >= 0.3 is 0 Å². The molecule has 11 heteroatoms. The molecule has 0 fully saturated rings. The Morgan fingerprint density at radius 1 is 1.25 bits per heavy atom. The van der Waals surface area contributed by atoms with Gasteiger partial charge in [0.2, 0.25) is 11.8 Å². The van der Waals surface area contributed by atoms with Gasteiger partial charge in [0.1, 0.15) is 6.33 Å². The summed E-state index contributed by atoms with van der Waals surface area (Å²) in [5.41, 5.74) is 2.96. The van der Waals surface area contributed by atoms with Crippen molar-refractivity contribution in [2.75, 3.05) is 22.5 Å². The smallest absolute Gasteiger partial charge is 0.269 e. The van der Waals surface area contributed by atoms with E-state index in [4.69, 9.17) is 0 Å². The van der Waals surface area contributed by atoms with Gasteiger partial charge in [0, 0.05) is 37.0 Å². The molecule has 0 bridgehead atoms. The molecule has 0 saturated carbocycles. The van der Waals surface area contributed by atoms with E-state index in [1.807, 2.05) is 12.1 Å². The Labute approximate surface area is 187 Å². The van der Waals surface area contributed by atoms with Gasteiger partial charge in [-0.25, -0.2) is 0 Å². The largest absolute Gasteiger partial charge is 0.326 e. The van der Waals surface area contributed by atoms with Gasteiger partial charge in [-0.15, -0.1) is 10.2 Å². The summed E-state index contributed by atoms with van der Waals surface area (Å²) >= 11 is 1.26. The molecule has 10 nitrogen and oxygen atoms in total. The van der Waals surface area contributed by atoms with Gasteiger partial charge in [0.25, 0.3) is 5.69 Å². The number of benzene rings is 2. The van der Waals surface area contributed by atoms with Crippen LogP contribution in [-0.2, 0) is 16.0 Å². The Kier molecular flexibility index (Phi) is 6.17. The molecule has 2 amide bonds. The molecule has 2 heterocycles. The lowest BCUT2D eigenvalue weighted by Crippen LogP contribution is -2.36. The lowest BCUT2D eigenvalue weighted by atomic mass is 10.0. The zero-order valence-electron chi connectivity index (χ0n) is 17.2. The number of carbonyl (C=O) groups is 2. The van der Waals surface area contributed by atoms with E-state index in [0.29, 0.717) is 23.8 Å². The second-order valence-electron chi connectivity index (χ2n) is 7.22. The highest BCUT2D eigenvalue weighted by molar-refractivity contribution is 7.99. The number of non-ortho nitro benzene ring substituents is 1. The molecule has 0 spiro atoms. The van der Waals surface area contributed by atoms with Crippen LogP contribution in [0.25, 0.3) is 5.69 Å². The SMILES string of the molecule is CC(=O)Nc1cccc(-n2cnnc2SCC(=O)N2CCCc3cc([N+](=O)[O-])ccc32)c1. The second kappa shape index (κ2) is 9.18. The molecule has 0 unspecified atom stereocenters. The van der Waals surface area contributed by atoms with Gasteiger partial charge < -0.3 is 10.2 Å². The van der Waals surface area contributed by atoms with Crippen LogP contribution in [0.15, 0.2) is 53.9 Å². The van der Waals surface area contributed by atoms with Crippen LogP contribution >= 0.6 is 11.8 Å². The molecule has 164 valence electrons. The van der Waals surface area contributed by atoms with Crippen molar-refractivity contribution in [1.82, 2.24) is 14.8 Å². The minimum absolute atomic E-state index is 0.0296. The first-order chi connectivity index (χ1) is 15.4. The Balaban J connectivity index is 1.48. The van der Waals surface area contributed by atoms with E-state index >= 15 is 0 Å². The van der Waals surface area contributed by atoms with E-state index in [0.717, 1.165) is 23.4 Å². The molecule has 1 aromatic heterocycles. The van der Waals surface area contributed by atoms with E-state index in [1.165, 1.54) is 24.8 Å². The number of anilines is 2. The van der Waals surface area contributed by atoms with E-state index in [-0.39, 0.29) is 23.3 Å². The van der Waals surface area contributed by atoms with Crippen molar-refractivity contribution < 1.29 is 14.5 Å². The molecule has 1 aliphatic rings. The molecular formula is C21H20N6O4S. The van der Waals surface area contributed by atoms with E-state index in [9.17, 15) is 19.7 Å². The summed E-state index contributed by atoms with van der Waals surface area (Å²) in [5, 5.41) is 22.4. The summed E-state index contributed by atoms with van der Waals surface area (Å²) in [6, 6.07) is 11.9. The number of aromatic nitrogens is 3. The fraction of sp³-hybridized carbons (Fsp3) is 0.238. The predicted octanol–water partition coefficient (Wildman–Crippen LogP) is 3.21. The maximum Gasteiger partial charge on any atom is 0.269 e. The fourth-order valence-corrected chi connectivity index (χ4v) is 4.40. The standard InChI is InChI=1S/C21H20N6O4S/c1-14(28)23-16-5-2-6-17(11-16)26-13-22-24-21(26)32-12-20(29)25-9-3-4-15-10-18(27(30)31)7-8-19(15)25/h2,5-8,10-11,13H,3-4,9,12H2,1H3,(H,23,28). The number of nitrogens with one attached hydrogen (secondary N) is 1. The van der Waals surface area contributed by atoms with Gasteiger partial charge in [0.15, 0.2) is 5.16 Å². The number of nitrogens with zero attached hydrogens (tertiary/aromatic N) is 5. The summed E-state index contributed by atoms with van der Waals surface area (Å²) in [6.45, 7) is 2.00. The molecule has 32 heavy (non-hydrogen) atoms. The molecule has 1 aliphatic heterocycles. The van der Waals surface area contributed by atoms with Gasteiger partial charge in [0.05, 0.1) is 16.4 Å². The van der Waals surface area contributed by atoms with Gasteiger partial charge in [-0.2, -0.15) is 0 Å². The van der Waals surface area contributed by atoms with Gasteiger partial charge in [-0.3, -0.25) is 24.3 Å². The third-order valence-corrected chi connectivity index (χ3v) is 5.91. The van der Waals surface area contributed by atoms with Crippen LogP contribution in [0.3, 0.4) is 0 Å². The monoisotopic (exact) mass is 452 g/mol. The topological polar surface area (TPSA) is 123 Å². The molecule has 0 saturated heterocycles. The van der Waals surface area contributed by atoms with E-state index in [1.54, 1.807) is 40.1 Å². The number of rotatable bonds is 6. The zero-order valence-corrected chi connectivity index (χ0v) is 18.0. The van der Waals surface area contributed by atoms with Crippen molar-refractivity contribution in [3.8, 4) is 5.69 Å². The van der Waals surface area contributed by atoms with Crippen LogP contribution in [0.2, 0.25) is 0 Å². The van der Waals surface area contributed by atoms with Crippen LogP contribution < -0.4 is 10.2 Å². The Morgan fingerprint density at radius 3 is 2.88 bits per heavy atom. The average molecular weight is 452 g/mol. The number of aryl methyl sites for hydroxylation is 1. The number of fused-ring (bicyclic) bond motifs is 1. The van der Waals surface area contributed by atoms with Crippen LogP contribution in [0.4, 0.5) is 17.1 Å². The number of thioether (sulfide) groups is 1. The lowest BCUT2D eigenvalue weighted by Gasteiger charge is -2.29. The number of carbonyl (C=O) groups excluding carboxylic acids is 2. The number of nitro benzene ring substituents is 1. The molecule has 4 rings (SSSR count). The molecule has 3 aromatic rings. The highest BCUT2D eigenvalue weighted by Crippen LogP contribution is 2.31. The maximum absolute atomic E-state index is 13.0. The Hall–Kier alpha value is -3.73. The molecule has 0 radical (unpaired) electrons. The number of amides is 2. The van der Waals surface area contributed by atoms with Crippen molar-refractivity contribution in [2.45, 2.75) is 24.9 Å². The van der Waals surface area contributed by atoms with Gasteiger partial charge in [-0.1, -0.05) is 17.8 Å². The van der Waals surface area contributed by atoms with Crippen molar-refractivity contribution in [3.63, 3.8) is 0 Å². The zero-order chi connectivity index (χ0) is 22.7. The lowest BCUT2D eigenvalue weighted by molar-refractivity contribution is -0.384. The molecule has 2 aromatic carbocycles. The quantitative estimate of drug-likeness (QED) is 0.346. The second-order valence-corrected chi connectivity index (χ2v) is 8.17. The van der Waals surface area contributed by atoms with Crippen LogP contribution in [0.1, 0.15) is 18.9 Å². The van der Waals surface area contributed by atoms with Crippen LogP contribution in [-0.4, -0.2) is 43.8 Å². The highest BCUT2D eigenvalue weighted by Gasteiger charge is 2.25. The third kappa shape index (κ3) is 4.62. The number of nitro groups is 1. The Morgan fingerprint density at radius 2 is 2.09 bits per heavy atom. The van der Waals surface area contributed by atoms with Crippen molar-refractivity contribution in [2.24, 2.45) is 0 Å². The first-order valence-electron chi connectivity index (χ1n) is 9.91. The van der Waals surface area contributed by atoms with Crippen molar-refractivity contribution >= 4 is 40.6 Å². The van der Waals surface area contributed by atoms with Gasteiger partial charge in [-0.05, 0) is 42.7 Å².